The van der Waals surface area contributed by atoms with Crippen LogP contribution in [0.1, 0.15) is 34.1 Å². The second-order valence-corrected chi connectivity index (χ2v) is 6.77. The van der Waals surface area contributed by atoms with E-state index in [0.717, 1.165) is 13.0 Å². The van der Waals surface area contributed by atoms with Gasteiger partial charge in [-0.15, -0.1) is 0 Å². The minimum Gasteiger partial charge on any atom is -0.377 e. The Bertz CT molecular complexity index is 320. The maximum Gasteiger partial charge on any atom is 0.279 e. The molecule has 0 radical (unpaired) electrons. The van der Waals surface area contributed by atoms with Crippen molar-refractivity contribution in [2.75, 3.05) is 33.3 Å². The predicted octanol–water partition coefficient (Wildman–Crippen LogP) is 0.566. The van der Waals surface area contributed by atoms with Gasteiger partial charge in [0.2, 0.25) is 0 Å². The van der Waals surface area contributed by atoms with E-state index in [1.54, 1.807) is 7.05 Å². The number of rotatable bonds is 11. The topological polar surface area (TPSA) is 70.7 Å². The van der Waals surface area contributed by atoms with Gasteiger partial charge in [-0.2, -0.15) is 17.4 Å². The summed E-state index contributed by atoms with van der Waals surface area (Å²) < 4.78 is 33.0. The van der Waals surface area contributed by atoms with Crippen LogP contribution in [-0.4, -0.2) is 58.2 Å². The third kappa shape index (κ3) is 9.34. The molecule has 0 saturated heterocycles. The van der Waals surface area contributed by atoms with Crippen molar-refractivity contribution in [2.45, 2.75) is 46.3 Å². The number of nitrogens with one attached hydrogen (secondary N) is 2. The van der Waals surface area contributed by atoms with Crippen LogP contribution in [0.25, 0.3) is 0 Å². The predicted molar refractivity (Wildman–Crippen MR) is 78.4 cm³/mol. The summed E-state index contributed by atoms with van der Waals surface area (Å²) in [6.07, 6.45) is 0.673. The van der Waals surface area contributed by atoms with Gasteiger partial charge in [-0.05, 0) is 26.8 Å². The summed E-state index contributed by atoms with van der Waals surface area (Å²) in [5.74, 6) is 0. The van der Waals surface area contributed by atoms with Gasteiger partial charge in [0.15, 0.2) is 0 Å². The maximum atomic E-state index is 11.9. The van der Waals surface area contributed by atoms with E-state index >= 15 is 0 Å². The molecule has 7 heteroatoms. The first-order chi connectivity index (χ1) is 8.79. The largest absolute Gasteiger partial charge is 0.377 e. The molecular formula is C12H29N3O3S. The zero-order chi connectivity index (χ0) is 14.9. The molecule has 2 N–H and O–H groups in total. The lowest BCUT2D eigenvalue weighted by molar-refractivity contribution is 0.0797. The Balaban J connectivity index is 3.97. The van der Waals surface area contributed by atoms with Crippen LogP contribution in [-0.2, 0) is 14.9 Å². The van der Waals surface area contributed by atoms with Crippen LogP contribution in [0.4, 0.5) is 0 Å². The number of hydrogen-bond acceptors (Lipinski definition) is 4. The SMILES string of the molecule is CCOC(C)CNS(=O)(=O)N(C)CCCNC(C)C. The lowest BCUT2D eigenvalue weighted by Gasteiger charge is -2.20. The van der Waals surface area contributed by atoms with Crippen LogP contribution < -0.4 is 10.0 Å². The Morgan fingerprint density at radius 2 is 1.89 bits per heavy atom. The first-order valence-corrected chi connectivity index (χ1v) is 8.29. The molecule has 0 saturated carbocycles. The lowest BCUT2D eigenvalue weighted by atomic mass is 10.3. The first kappa shape index (κ1) is 18.8. The van der Waals surface area contributed by atoms with Crippen LogP contribution in [0.15, 0.2) is 0 Å². The van der Waals surface area contributed by atoms with Crippen LogP contribution >= 0.6 is 0 Å². The minimum atomic E-state index is -3.40. The van der Waals surface area contributed by atoms with Gasteiger partial charge in [0.1, 0.15) is 0 Å². The molecule has 0 aliphatic carbocycles. The van der Waals surface area contributed by atoms with Gasteiger partial charge in [0.05, 0.1) is 6.10 Å². The normalized spacial score (nSPS) is 14.3. The summed E-state index contributed by atoms with van der Waals surface area (Å²) in [6.45, 7) is 10.1. The molecule has 0 spiro atoms. The Hall–Kier alpha value is -0.210. The van der Waals surface area contributed by atoms with Gasteiger partial charge in [-0.1, -0.05) is 13.8 Å². The van der Waals surface area contributed by atoms with Crippen LogP contribution in [0.5, 0.6) is 0 Å². The number of ether oxygens (including phenoxy) is 1. The van der Waals surface area contributed by atoms with Crippen molar-refractivity contribution < 1.29 is 13.2 Å². The molecule has 0 heterocycles. The Kier molecular flexibility index (Phi) is 9.55. The van der Waals surface area contributed by atoms with E-state index in [0.29, 0.717) is 25.7 Å². The van der Waals surface area contributed by atoms with Crippen LogP contribution in [0.2, 0.25) is 0 Å². The average Bonchev–Trinajstić information content (AvgIpc) is 2.32. The molecule has 0 aromatic heterocycles. The smallest absolute Gasteiger partial charge is 0.279 e. The van der Waals surface area contributed by atoms with E-state index in [-0.39, 0.29) is 6.10 Å². The summed E-state index contributed by atoms with van der Waals surface area (Å²) >= 11 is 0. The molecule has 1 atom stereocenters. The molecule has 0 aromatic carbocycles. The molecule has 19 heavy (non-hydrogen) atoms. The molecule has 0 aromatic rings. The van der Waals surface area contributed by atoms with Crippen molar-refractivity contribution in [3.8, 4) is 0 Å². The van der Waals surface area contributed by atoms with Crippen molar-refractivity contribution in [3.05, 3.63) is 0 Å². The Morgan fingerprint density at radius 1 is 1.26 bits per heavy atom. The van der Waals surface area contributed by atoms with E-state index in [2.05, 4.69) is 23.9 Å². The quantitative estimate of drug-likeness (QED) is 0.547. The molecule has 0 rings (SSSR count). The summed E-state index contributed by atoms with van der Waals surface area (Å²) in [7, 11) is -1.81. The minimum absolute atomic E-state index is 0.115. The van der Waals surface area contributed by atoms with Gasteiger partial charge < -0.3 is 10.1 Å². The van der Waals surface area contributed by atoms with E-state index in [9.17, 15) is 8.42 Å². The highest BCUT2D eigenvalue weighted by atomic mass is 32.2. The summed E-state index contributed by atoms with van der Waals surface area (Å²) in [4.78, 5) is 0. The zero-order valence-electron chi connectivity index (χ0n) is 12.8. The van der Waals surface area contributed by atoms with E-state index in [1.165, 1.54) is 4.31 Å². The third-order valence-electron chi connectivity index (χ3n) is 2.62. The molecule has 6 nitrogen and oxygen atoms in total. The van der Waals surface area contributed by atoms with Crippen molar-refractivity contribution in [2.24, 2.45) is 0 Å². The van der Waals surface area contributed by atoms with Gasteiger partial charge in [-0.3, -0.25) is 0 Å². The van der Waals surface area contributed by atoms with Crippen LogP contribution in [0, 0.1) is 0 Å². The maximum absolute atomic E-state index is 11.9. The molecule has 0 aliphatic heterocycles. The molecule has 0 fully saturated rings. The summed E-state index contributed by atoms with van der Waals surface area (Å²) in [5.41, 5.74) is 0. The highest BCUT2D eigenvalue weighted by molar-refractivity contribution is 7.87. The van der Waals surface area contributed by atoms with Crippen molar-refractivity contribution >= 4 is 10.2 Å². The summed E-state index contributed by atoms with van der Waals surface area (Å²) in [5, 5.41) is 3.26. The van der Waals surface area contributed by atoms with Gasteiger partial charge in [-0.25, -0.2) is 0 Å². The third-order valence-corrected chi connectivity index (χ3v) is 4.15. The zero-order valence-corrected chi connectivity index (χ0v) is 13.6. The fourth-order valence-electron chi connectivity index (χ4n) is 1.49. The fraction of sp³-hybridized carbons (Fsp3) is 1.00. The fourth-order valence-corrected chi connectivity index (χ4v) is 2.52. The van der Waals surface area contributed by atoms with Crippen molar-refractivity contribution in [3.63, 3.8) is 0 Å². The van der Waals surface area contributed by atoms with Gasteiger partial charge in [0.25, 0.3) is 10.2 Å². The van der Waals surface area contributed by atoms with Gasteiger partial charge in [0, 0.05) is 32.8 Å². The average molecular weight is 295 g/mol. The number of nitrogens with zero attached hydrogens (tertiary/aromatic N) is 1. The highest BCUT2D eigenvalue weighted by Crippen LogP contribution is 1.97. The molecule has 0 amide bonds. The molecule has 0 aliphatic rings. The van der Waals surface area contributed by atoms with Gasteiger partial charge >= 0.3 is 0 Å². The van der Waals surface area contributed by atoms with Crippen LogP contribution in [0.3, 0.4) is 0 Å². The number of hydrogen-bond donors (Lipinski definition) is 2. The molecule has 0 bridgehead atoms. The van der Waals surface area contributed by atoms with E-state index in [1.807, 2.05) is 13.8 Å². The molecular weight excluding hydrogens is 266 g/mol. The van der Waals surface area contributed by atoms with Crippen molar-refractivity contribution in [1.82, 2.24) is 14.3 Å². The summed E-state index contributed by atoms with van der Waals surface area (Å²) in [6, 6.07) is 0.423. The molecule has 116 valence electrons. The Morgan fingerprint density at radius 3 is 2.42 bits per heavy atom. The standard InChI is InChI=1S/C12H29N3O3S/c1-6-18-12(4)10-14-19(16,17)15(5)9-7-8-13-11(2)3/h11-14H,6-10H2,1-5H3. The van der Waals surface area contributed by atoms with Crippen molar-refractivity contribution in [1.29, 1.82) is 0 Å². The van der Waals surface area contributed by atoms with E-state index < -0.39 is 10.2 Å². The molecule has 1 unspecified atom stereocenters. The second kappa shape index (κ2) is 9.66. The van der Waals surface area contributed by atoms with E-state index in [4.69, 9.17) is 4.74 Å². The highest BCUT2D eigenvalue weighted by Gasteiger charge is 2.17. The lowest BCUT2D eigenvalue weighted by Crippen LogP contribution is -2.42. The Labute approximate surface area is 118 Å². The monoisotopic (exact) mass is 295 g/mol. The second-order valence-electron chi connectivity index (χ2n) is 4.90. The first-order valence-electron chi connectivity index (χ1n) is 6.85.